The van der Waals surface area contributed by atoms with Gasteiger partial charge in [-0.05, 0) is 26.7 Å². The van der Waals surface area contributed by atoms with Gasteiger partial charge in [0.2, 0.25) is 5.13 Å². The van der Waals surface area contributed by atoms with Crippen molar-refractivity contribution in [3.63, 3.8) is 0 Å². The summed E-state index contributed by atoms with van der Waals surface area (Å²) < 4.78 is 0.973. The van der Waals surface area contributed by atoms with Gasteiger partial charge >= 0.3 is 5.97 Å². The zero-order valence-corrected chi connectivity index (χ0v) is 13.5. The minimum absolute atomic E-state index is 0.620. The van der Waals surface area contributed by atoms with E-state index >= 15 is 0 Å². The molecule has 108 valence electrons. The highest BCUT2D eigenvalue weighted by Crippen LogP contribution is 2.29. The van der Waals surface area contributed by atoms with Crippen molar-refractivity contribution in [1.82, 2.24) is 10.2 Å². The first-order valence-electron chi connectivity index (χ1n) is 6.20. The lowest BCUT2D eigenvalue weighted by Crippen LogP contribution is -2.23. The molecule has 1 aromatic heterocycles. The smallest absolute Gasteiger partial charge is 0.309 e. The van der Waals surface area contributed by atoms with E-state index in [1.165, 1.54) is 0 Å². The number of anilines is 1. The molecule has 0 aromatic carbocycles. The van der Waals surface area contributed by atoms with Gasteiger partial charge in [0.25, 0.3) is 0 Å². The monoisotopic (exact) mass is 303 g/mol. The lowest BCUT2D eigenvalue weighted by atomic mass is 9.88. The van der Waals surface area contributed by atoms with Crippen LogP contribution in [-0.2, 0) is 4.79 Å². The fourth-order valence-corrected chi connectivity index (χ4v) is 3.21. The van der Waals surface area contributed by atoms with Crippen LogP contribution in [-0.4, -0.2) is 41.1 Å². The fraction of sp³-hybridized carbons (Fsp3) is 0.750. The molecule has 19 heavy (non-hydrogen) atoms. The molecule has 0 bridgehead atoms. The molecule has 1 aromatic rings. The van der Waals surface area contributed by atoms with Gasteiger partial charge in [-0.3, -0.25) is 4.79 Å². The Morgan fingerprint density at radius 2 is 2.05 bits per heavy atom. The molecule has 1 N–H and O–H groups in total. The molecule has 0 aliphatic carbocycles. The second-order valence-electron chi connectivity index (χ2n) is 5.24. The minimum Gasteiger partial charge on any atom is -0.481 e. The Kier molecular flexibility index (Phi) is 6.06. The molecule has 7 heteroatoms. The third-order valence-corrected chi connectivity index (χ3v) is 5.09. The topological polar surface area (TPSA) is 66.3 Å². The molecule has 1 rings (SSSR count). The van der Waals surface area contributed by atoms with Crippen LogP contribution in [0.15, 0.2) is 4.34 Å². The average Bonchev–Trinajstić information content (AvgIpc) is 2.77. The van der Waals surface area contributed by atoms with Crippen LogP contribution >= 0.6 is 23.1 Å². The van der Waals surface area contributed by atoms with Gasteiger partial charge in [0.1, 0.15) is 0 Å². The van der Waals surface area contributed by atoms with Crippen molar-refractivity contribution in [3.05, 3.63) is 0 Å². The summed E-state index contributed by atoms with van der Waals surface area (Å²) >= 11 is 3.27. The second kappa shape index (κ2) is 7.09. The number of hydrogen-bond acceptors (Lipinski definition) is 6. The largest absolute Gasteiger partial charge is 0.481 e. The number of carboxylic acids is 1. The highest BCUT2D eigenvalue weighted by molar-refractivity contribution is 8.01. The van der Waals surface area contributed by atoms with Crippen molar-refractivity contribution in [1.29, 1.82) is 0 Å². The molecule has 0 amide bonds. The first-order valence-corrected chi connectivity index (χ1v) is 8.00. The molecule has 0 fully saturated rings. The van der Waals surface area contributed by atoms with Crippen molar-refractivity contribution in [2.24, 2.45) is 5.41 Å². The number of aromatic nitrogens is 2. The van der Waals surface area contributed by atoms with Crippen LogP contribution in [0.25, 0.3) is 0 Å². The molecule has 0 atom stereocenters. The van der Waals surface area contributed by atoms with Crippen LogP contribution < -0.4 is 4.90 Å². The van der Waals surface area contributed by atoms with E-state index in [4.69, 9.17) is 5.11 Å². The fourth-order valence-electron chi connectivity index (χ4n) is 1.38. The molecule has 1 heterocycles. The number of aliphatic carboxylic acids is 1. The number of carboxylic acid groups (broad SMARTS) is 1. The van der Waals surface area contributed by atoms with E-state index < -0.39 is 11.4 Å². The van der Waals surface area contributed by atoms with Crippen LogP contribution in [0, 0.1) is 5.41 Å². The first kappa shape index (κ1) is 16.2. The van der Waals surface area contributed by atoms with Gasteiger partial charge in [-0.15, -0.1) is 10.2 Å². The Labute approximate surface area is 122 Å². The Morgan fingerprint density at radius 3 is 2.58 bits per heavy atom. The number of nitrogens with zero attached hydrogens (tertiary/aromatic N) is 3. The van der Waals surface area contributed by atoms with Crippen LogP contribution in [0.2, 0.25) is 0 Å². The SMILES string of the molecule is CN(C)c1nnc(SCCCCC(C)(C)C(=O)O)s1. The summed E-state index contributed by atoms with van der Waals surface area (Å²) in [5.41, 5.74) is -0.620. The van der Waals surface area contributed by atoms with Gasteiger partial charge in [0.15, 0.2) is 4.34 Å². The van der Waals surface area contributed by atoms with E-state index in [1.807, 2.05) is 19.0 Å². The maximum absolute atomic E-state index is 10.9. The Hall–Kier alpha value is -0.820. The number of carbonyl (C=O) groups is 1. The predicted molar refractivity (Wildman–Crippen MR) is 80.2 cm³/mol. The van der Waals surface area contributed by atoms with E-state index in [9.17, 15) is 4.79 Å². The Bertz CT molecular complexity index is 419. The normalized spacial score (nSPS) is 11.6. The van der Waals surface area contributed by atoms with Crippen molar-refractivity contribution in [3.8, 4) is 0 Å². The molecule has 0 aliphatic heterocycles. The van der Waals surface area contributed by atoms with Crippen molar-refractivity contribution >= 4 is 34.2 Å². The van der Waals surface area contributed by atoms with E-state index in [0.717, 1.165) is 28.1 Å². The zero-order chi connectivity index (χ0) is 14.5. The molecule has 0 aliphatic rings. The molecule has 0 saturated heterocycles. The first-order chi connectivity index (χ1) is 8.83. The van der Waals surface area contributed by atoms with Gasteiger partial charge in [0, 0.05) is 19.8 Å². The summed E-state index contributed by atoms with van der Waals surface area (Å²) in [7, 11) is 3.89. The van der Waals surface area contributed by atoms with Crippen LogP contribution in [0.3, 0.4) is 0 Å². The Balaban J connectivity index is 2.22. The molecular weight excluding hydrogens is 282 g/mol. The highest BCUT2D eigenvalue weighted by Gasteiger charge is 2.25. The summed E-state index contributed by atoms with van der Waals surface area (Å²) in [5.74, 6) is 0.234. The van der Waals surface area contributed by atoms with Crippen LogP contribution in [0.4, 0.5) is 5.13 Å². The molecular formula is C12H21N3O2S2. The third-order valence-electron chi connectivity index (χ3n) is 2.78. The quantitative estimate of drug-likeness (QED) is 0.588. The van der Waals surface area contributed by atoms with Gasteiger partial charge < -0.3 is 10.0 Å². The summed E-state index contributed by atoms with van der Waals surface area (Å²) in [6.07, 6.45) is 2.63. The van der Waals surface area contributed by atoms with Crippen molar-refractivity contribution < 1.29 is 9.90 Å². The third kappa shape index (κ3) is 5.36. The molecule has 0 unspecified atom stereocenters. The van der Waals surface area contributed by atoms with Crippen molar-refractivity contribution in [2.45, 2.75) is 37.4 Å². The van der Waals surface area contributed by atoms with Gasteiger partial charge in [0.05, 0.1) is 5.41 Å². The zero-order valence-electron chi connectivity index (χ0n) is 11.8. The summed E-state index contributed by atoms with van der Waals surface area (Å²) in [6, 6.07) is 0. The van der Waals surface area contributed by atoms with Gasteiger partial charge in [-0.1, -0.05) is 29.5 Å². The average molecular weight is 303 g/mol. The van der Waals surface area contributed by atoms with E-state index in [0.29, 0.717) is 6.42 Å². The summed E-state index contributed by atoms with van der Waals surface area (Å²) in [4.78, 5) is 12.9. The molecule has 0 saturated carbocycles. The maximum Gasteiger partial charge on any atom is 0.309 e. The lowest BCUT2D eigenvalue weighted by molar-refractivity contribution is -0.147. The summed E-state index contributed by atoms with van der Waals surface area (Å²) in [6.45, 7) is 3.55. The van der Waals surface area contributed by atoms with E-state index in [1.54, 1.807) is 36.9 Å². The number of rotatable bonds is 8. The predicted octanol–water partition coefficient (Wildman–Crippen LogP) is 2.98. The molecule has 5 nitrogen and oxygen atoms in total. The molecule has 0 radical (unpaired) electrons. The summed E-state index contributed by atoms with van der Waals surface area (Å²) in [5, 5.41) is 18.1. The van der Waals surface area contributed by atoms with E-state index in [2.05, 4.69) is 10.2 Å². The van der Waals surface area contributed by atoms with Gasteiger partial charge in [-0.25, -0.2) is 0 Å². The number of hydrogen-bond donors (Lipinski definition) is 1. The lowest BCUT2D eigenvalue weighted by Gasteiger charge is -2.18. The number of unbranched alkanes of at least 4 members (excludes halogenated alkanes) is 1. The maximum atomic E-state index is 10.9. The highest BCUT2D eigenvalue weighted by atomic mass is 32.2. The molecule has 0 spiro atoms. The number of thioether (sulfide) groups is 1. The van der Waals surface area contributed by atoms with Crippen LogP contribution in [0.5, 0.6) is 0 Å². The standard InChI is InChI=1S/C12H21N3O2S2/c1-12(2,9(16)17)7-5-6-8-18-11-14-13-10(19-11)15(3)4/h5-8H2,1-4H3,(H,16,17). The van der Waals surface area contributed by atoms with Crippen molar-refractivity contribution in [2.75, 3.05) is 24.7 Å². The Morgan fingerprint density at radius 1 is 1.37 bits per heavy atom. The van der Waals surface area contributed by atoms with Crippen LogP contribution in [0.1, 0.15) is 33.1 Å². The van der Waals surface area contributed by atoms with E-state index in [-0.39, 0.29) is 0 Å². The van der Waals surface area contributed by atoms with Gasteiger partial charge in [-0.2, -0.15) is 0 Å². The minimum atomic E-state index is -0.722. The second-order valence-corrected chi connectivity index (χ2v) is 7.54.